The summed E-state index contributed by atoms with van der Waals surface area (Å²) in [6.07, 6.45) is 3.75. The third-order valence-electron chi connectivity index (χ3n) is 2.47. The molecule has 0 saturated heterocycles. The van der Waals surface area contributed by atoms with Gasteiger partial charge in [-0.05, 0) is 30.1 Å². The Hall–Kier alpha value is -0.260. The van der Waals surface area contributed by atoms with Crippen LogP contribution in [-0.4, -0.2) is 0 Å². The van der Waals surface area contributed by atoms with Crippen molar-refractivity contribution < 1.29 is 0 Å². The highest BCUT2D eigenvalue weighted by Crippen LogP contribution is 2.30. The first-order valence-electron chi connectivity index (χ1n) is 6.31. The monoisotopic (exact) mass is 212 g/mol. The summed E-state index contributed by atoms with van der Waals surface area (Å²) in [4.78, 5) is 0. The summed E-state index contributed by atoms with van der Waals surface area (Å²) in [6, 6.07) is 0. The lowest BCUT2D eigenvalue weighted by atomic mass is 9.82. The van der Waals surface area contributed by atoms with Gasteiger partial charge in [0.25, 0.3) is 0 Å². The van der Waals surface area contributed by atoms with Crippen molar-refractivity contribution in [2.75, 3.05) is 0 Å². The number of allylic oxidation sites excluding steroid dienone is 1. The summed E-state index contributed by atoms with van der Waals surface area (Å²) in [5, 5.41) is 0. The lowest BCUT2D eigenvalue weighted by Crippen LogP contribution is -2.10. The van der Waals surface area contributed by atoms with Crippen molar-refractivity contribution >= 4 is 0 Å². The van der Waals surface area contributed by atoms with Crippen LogP contribution < -0.4 is 0 Å². The standard InChI is InChI=1S/C13H26.C2H6/c1-11(13(5,6)7)9-8-10-12(2,3)4;1-2/h1,8-10H2,2-7H3;1-2H3. The normalized spacial score (nSPS) is 11.7. The molecule has 0 radical (unpaired) electrons. The molecule has 0 spiro atoms. The minimum absolute atomic E-state index is 0.290. The largest absolute Gasteiger partial charge is 0.0993 e. The lowest BCUT2D eigenvalue weighted by molar-refractivity contribution is 0.357. The highest BCUT2D eigenvalue weighted by molar-refractivity contribution is 5.04. The van der Waals surface area contributed by atoms with E-state index >= 15 is 0 Å². The van der Waals surface area contributed by atoms with E-state index in [1.165, 1.54) is 24.8 Å². The van der Waals surface area contributed by atoms with Crippen LogP contribution in [0.25, 0.3) is 0 Å². The highest BCUT2D eigenvalue weighted by atomic mass is 14.2. The Kier molecular flexibility index (Phi) is 8.10. The molecule has 0 rings (SSSR count). The predicted octanol–water partition coefficient (Wildman–Crippen LogP) is 5.83. The number of hydrogen-bond acceptors (Lipinski definition) is 0. The quantitative estimate of drug-likeness (QED) is 0.516. The van der Waals surface area contributed by atoms with Gasteiger partial charge in [-0.15, -0.1) is 0 Å². The van der Waals surface area contributed by atoms with Gasteiger partial charge in [0.05, 0.1) is 0 Å². The van der Waals surface area contributed by atoms with E-state index in [0.717, 1.165) is 0 Å². The molecule has 92 valence electrons. The van der Waals surface area contributed by atoms with Gasteiger partial charge >= 0.3 is 0 Å². The van der Waals surface area contributed by atoms with E-state index in [2.05, 4.69) is 48.1 Å². The van der Waals surface area contributed by atoms with Crippen LogP contribution in [-0.2, 0) is 0 Å². The molecule has 0 nitrogen and oxygen atoms in total. The average Bonchev–Trinajstić information content (AvgIpc) is 2.04. The van der Waals surface area contributed by atoms with E-state index in [9.17, 15) is 0 Å². The van der Waals surface area contributed by atoms with Crippen LogP contribution >= 0.6 is 0 Å². The van der Waals surface area contributed by atoms with Gasteiger partial charge in [0.1, 0.15) is 0 Å². The average molecular weight is 212 g/mol. The van der Waals surface area contributed by atoms with Crippen molar-refractivity contribution in [3.63, 3.8) is 0 Å². The second-order valence-corrected chi connectivity index (χ2v) is 6.27. The molecule has 0 heteroatoms. The molecule has 0 aromatic carbocycles. The Morgan fingerprint density at radius 2 is 1.33 bits per heavy atom. The van der Waals surface area contributed by atoms with Gasteiger partial charge in [-0.2, -0.15) is 0 Å². The predicted molar refractivity (Wildman–Crippen MR) is 73.2 cm³/mol. The van der Waals surface area contributed by atoms with Crippen LogP contribution in [0.1, 0.15) is 74.7 Å². The van der Waals surface area contributed by atoms with E-state index in [-0.39, 0.29) is 5.41 Å². The molecule has 0 fully saturated rings. The van der Waals surface area contributed by atoms with E-state index in [0.29, 0.717) is 5.41 Å². The minimum atomic E-state index is 0.290. The molecule has 0 aromatic heterocycles. The first kappa shape index (κ1) is 17.1. The van der Waals surface area contributed by atoms with Gasteiger partial charge in [0.2, 0.25) is 0 Å². The Labute approximate surface area is 98.2 Å². The summed E-state index contributed by atoms with van der Waals surface area (Å²) in [5.74, 6) is 0. The second kappa shape index (κ2) is 7.09. The third kappa shape index (κ3) is 11.7. The fourth-order valence-corrected chi connectivity index (χ4v) is 1.21. The molecule has 0 aromatic rings. The van der Waals surface area contributed by atoms with Crippen LogP contribution in [0.5, 0.6) is 0 Å². The summed E-state index contributed by atoms with van der Waals surface area (Å²) < 4.78 is 0. The summed E-state index contributed by atoms with van der Waals surface area (Å²) in [6.45, 7) is 21.8. The third-order valence-corrected chi connectivity index (χ3v) is 2.47. The highest BCUT2D eigenvalue weighted by Gasteiger charge is 2.15. The molecule has 0 amide bonds. The molecule has 0 aliphatic carbocycles. The van der Waals surface area contributed by atoms with Gasteiger partial charge in [-0.1, -0.05) is 67.5 Å². The zero-order chi connectivity index (χ0) is 12.7. The topological polar surface area (TPSA) is 0 Å². The van der Waals surface area contributed by atoms with Crippen LogP contribution in [0, 0.1) is 10.8 Å². The maximum absolute atomic E-state index is 4.15. The van der Waals surface area contributed by atoms with Crippen molar-refractivity contribution in [3.05, 3.63) is 12.2 Å². The van der Waals surface area contributed by atoms with Gasteiger partial charge in [0, 0.05) is 0 Å². The van der Waals surface area contributed by atoms with Crippen LogP contribution in [0.4, 0.5) is 0 Å². The Morgan fingerprint density at radius 3 is 1.60 bits per heavy atom. The second-order valence-electron chi connectivity index (χ2n) is 6.27. The first-order chi connectivity index (χ1) is 6.63. The maximum Gasteiger partial charge on any atom is -0.0176 e. The summed E-state index contributed by atoms with van der Waals surface area (Å²) >= 11 is 0. The summed E-state index contributed by atoms with van der Waals surface area (Å²) in [5.41, 5.74) is 2.15. The van der Waals surface area contributed by atoms with Crippen molar-refractivity contribution in [1.82, 2.24) is 0 Å². The molecular formula is C15H32. The molecule has 0 aliphatic heterocycles. The molecule has 0 atom stereocenters. The molecule has 0 bridgehead atoms. The molecule has 0 heterocycles. The van der Waals surface area contributed by atoms with Crippen molar-refractivity contribution in [2.45, 2.75) is 74.7 Å². The zero-order valence-corrected chi connectivity index (χ0v) is 12.3. The van der Waals surface area contributed by atoms with Gasteiger partial charge in [-0.25, -0.2) is 0 Å². The summed E-state index contributed by atoms with van der Waals surface area (Å²) in [7, 11) is 0. The van der Waals surface area contributed by atoms with Crippen molar-refractivity contribution in [1.29, 1.82) is 0 Å². The molecular weight excluding hydrogens is 180 g/mol. The fraction of sp³-hybridized carbons (Fsp3) is 0.867. The number of rotatable bonds is 3. The molecule has 0 N–H and O–H groups in total. The maximum atomic E-state index is 4.15. The van der Waals surface area contributed by atoms with Gasteiger partial charge < -0.3 is 0 Å². The van der Waals surface area contributed by atoms with E-state index in [1.807, 2.05) is 13.8 Å². The SMILES string of the molecule is C=C(CCCC(C)(C)C)C(C)(C)C.CC. The molecule has 15 heavy (non-hydrogen) atoms. The molecule has 0 aliphatic rings. The Balaban J connectivity index is 0. The first-order valence-corrected chi connectivity index (χ1v) is 6.31. The Morgan fingerprint density at radius 1 is 0.933 bits per heavy atom. The van der Waals surface area contributed by atoms with Gasteiger partial charge in [-0.3, -0.25) is 0 Å². The van der Waals surface area contributed by atoms with E-state index in [4.69, 9.17) is 0 Å². The van der Waals surface area contributed by atoms with Crippen LogP contribution in [0.15, 0.2) is 12.2 Å². The van der Waals surface area contributed by atoms with Crippen LogP contribution in [0.3, 0.4) is 0 Å². The molecule has 0 saturated carbocycles. The van der Waals surface area contributed by atoms with Crippen molar-refractivity contribution in [3.8, 4) is 0 Å². The zero-order valence-electron chi connectivity index (χ0n) is 12.3. The van der Waals surface area contributed by atoms with E-state index < -0.39 is 0 Å². The lowest BCUT2D eigenvalue weighted by Gasteiger charge is -2.24. The van der Waals surface area contributed by atoms with Crippen LogP contribution in [0.2, 0.25) is 0 Å². The van der Waals surface area contributed by atoms with Crippen molar-refractivity contribution in [2.24, 2.45) is 10.8 Å². The van der Waals surface area contributed by atoms with E-state index in [1.54, 1.807) is 0 Å². The molecule has 0 unspecified atom stereocenters. The number of hydrogen-bond donors (Lipinski definition) is 0. The Bertz CT molecular complexity index is 161. The van der Waals surface area contributed by atoms with Gasteiger partial charge in [0.15, 0.2) is 0 Å². The fourth-order valence-electron chi connectivity index (χ4n) is 1.21. The smallest absolute Gasteiger partial charge is 0.0176 e. The minimum Gasteiger partial charge on any atom is -0.0993 e.